The number of hydrogen-bond donors (Lipinski definition) is 0. The highest BCUT2D eigenvalue weighted by Crippen LogP contribution is 2.29. The summed E-state index contributed by atoms with van der Waals surface area (Å²) in [5.74, 6) is -0.576. The summed E-state index contributed by atoms with van der Waals surface area (Å²) in [7, 11) is -2.39. The Labute approximate surface area is 147 Å². The number of sulfonamides is 1. The summed E-state index contributed by atoms with van der Waals surface area (Å²) in [5.41, 5.74) is 1.25. The number of rotatable bonds is 3. The SMILES string of the molecule is COC(=O)c1cc(S(=O)(=O)N2CCc3sccc3C2)ccc1Br. The van der Waals surface area contributed by atoms with E-state index in [4.69, 9.17) is 4.74 Å². The molecule has 0 fully saturated rings. The maximum atomic E-state index is 12.9. The summed E-state index contributed by atoms with van der Waals surface area (Å²) in [6, 6.07) is 6.37. The zero-order valence-corrected chi connectivity index (χ0v) is 15.5. The minimum Gasteiger partial charge on any atom is -0.465 e. The fourth-order valence-corrected chi connectivity index (χ4v) is 5.25. The number of carbonyl (C=O) groups is 1. The zero-order valence-electron chi connectivity index (χ0n) is 12.3. The Morgan fingerprint density at radius 1 is 1.35 bits per heavy atom. The molecule has 3 rings (SSSR count). The summed E-state index contributed by atoms with van der Waals surface area (Å²) in [6.07, 6.45) is 0.715. The lowest BCUT2D eigenvalue weighted by Gasteiger charge is -2.26. The molecule has 1 aliphatic rings. The number of ether oxygens (including phenoxy) is 1. The van der Waals surface area contributed by atoms with Gasteiger partial charge in [0.2, 0.25) is 10.0 Å². The molecule has 0 unspecified atom stereocenters. The molecule has 1 aliphatic heterocycles. The highest BCUT2D eigenvalue weighted by molar-refractivity contribution is 9.10. The second-order valence-corrected chi connectivity index (χ2v) is 8.88. The molecule has 122 valence electrons. The van der Waals surface area contributed by atoms with Crippen molar-refractivity contribution in [1.29, 1.82) is 0 Å². The van der Waals surface area contributed by atoms with Gasteiger partial charge in [-0.1, -0.05) is 0 Å². The number of fused-ring (bicyclic) bond motifs is 1. The van der Waals surface area contributed by atoms with Gasteiger partial charge in [0.15, 0.2) is 0 Å². The molecule has 1 aromatic heterocycles. The first-order valence-electron chi connectivity index (χ1n) is 6.86. The summed E-state index contributed by atoms with van der Waals surface area (Å²) >= 11 is 4.90. The van der Waals surface area contributed by atoms with Gasteiger partial charge in [0.25, 0.3) is 0 Å². The summed E-state index contributed by atoms with van der Waals surface area (Å²) in [6.45, 7) is 0.810. The number of esters is 1. The number of benzene rings is 1. The van der Waals surface area contributed by atoms with Crippen LogP contribution in [0.4, 0.5) is 0 Å². The third-order valence-corrected chi connectivity index (χ3v) is 7.31. The quantitative estimate of drug-likeness (QED) is 0.722. The summed E-state index contributed by atoms with van der Waals surface area (Å²) in [5, 5.41) is 1.98. The highest BCUT2D eigenvalue weighted by atomic mass is 79.9. The topological polar surface area (TPSA) is 63.7 Å². The van der Waals surface area contributed by atoms with E-state index in [1.165, 1.54) is 28.4 Å². The average molecular weight is 416 g/mol. The van der Waals surface area contributed by atoms with E-state index in [9.17, 15) is 13.2 Å². The van der Waals surface area contributed by atoms with Gasteiger partial charge < -0.3 is 4.74 Å². The predicted molar refractivity (Wildman–Crippen MR) is 91.1 cm³/mol. The molecule has 0 saturated heterocycles. The number of thiophene rings is 1. The second kappa shape index (κ2) is 6.35. The molecule has 0 saturated carbocycles. The Morgan fingerprint density at radius 3 is 2.87 bits per heavy atom. The Bertz CT molecular complexity index is 860. The lowest BCUT2D eigenvalue weighted by molar-refractivity contribution is 0.0599. The third kappa shape index (κ3) is 3.08. The van der Waals surface area contributed by atoms with Crippen LogP contribution in [0.5, 0.6) is 0 Å². The van der Waals surface area contributed by atoms with Crippen molar-refractivity contribution in [1.82, 2.24) is 4.31 Å². The van der Waals surface area contributed by atoms with Crippen molar-refractivity contribution in [2.75, 3.05) is 13.7 Å². The smallest absolute Gasteiger partial charge is 0.339 e. The van der Waals surface area contributed by atoms with E-state index in [1.54, 1.807) is 17.4 Å². The van der Waals surface area contributed by atoms with E-state index in [2.05, 4.69) is 15.9 Å². The lowest BCUT2D eigenvalue weighted by atomic mass is 10.1. The van der Waals surface area contributed by atoms with Crippen LogP contribution in [-0.2, 0) is 27.7 Å². The number of carbonyl (C=O) groups excluding carboxylic acids is 1. The molecule has 0 amide bonds. The highest BCUT2D eigenvalue weighted by Gasteiger charge is 2.29. The number of hydrogen-bond acceptors (Lipinski definition) is 5. The van der Waals surface area contributed by atoms with Crippen LogP contribution >= 0.6 is 27.3 Å². The normalized spacial score (nSPS) is 15.2. The molecule has 0 radical (unpaired) electrons. The van der Waals surface area contributed by atoms with Crippen molar-refractivity contribution in [2.24, 2.45) is 0 Å². The van der Waals surface area contributed by atoms with Crippen LogP contribution < -0.4 is 0 Å². The van der Waals surface area contributed by atoms with Crippen LogP contribution in [-0.4, -0.2) is 32.3 Å². The van der Waals surface area contributed by atoms with Crippen LogP contribution in [0.3, 0.4) is 0 Å². The number of halogens is 1. The van der Waals surface area contributed by atoms with Gasteiger partial charge in [-0.15, -0.1) is 11.3 Å². The first-order chi connectivity index (χ1) is 10.9. The molecule has 0 spiro atoms. The Balaban J connectivity index is 1.96. The van der Waals surface area contributed by atoms with Crippen LogP contribution in [0.2, 0.25) is 0 Å². The minimum atomic E-state index is -3.65. The molecular formula is C15H14BrNO4S2. The van der Waals surface area contributed by atoms with Gasteiger partial charge in [-0.25, -0.2) is 13.2 Å². The maximum Gasteiger partial charge on any atom is 0.339 e. The van der Waals surface area contributed by atoms with Crippen LogP contribution in [0.15, 0.2) is 39.0 Å². The molecule has 0 atom stereocenters. The first-order valence-corrected chi connectivity index (χ1v) is 9.98. The molecule has 1 aromatic carbocycles. The van der Waals surface area contributed by atoms with Crippen molar-refractivity contribution in [2.45, 2.75) is 17.9 Å². The van der Waals surface area contributed by atoms with E-state index < -0.39 is 16.0 Å². The van der Waals surface area contributed by atoms with E-state index >= 15 is 0 Å². The first kappa shape index (κ1) is 16.6. The average Bonchev–Trinajstić information content (AvgIpc) is 3.02. The molecular weight excluding hydrogens is 402 g/mol. The maximum absolute atomic E-state index is 12.9. The molecule has 8 heteroatoms. The van der Waals surface area contributed by atoms with Gasteiger partial charge in [0, 0.05) is 22.4 Å². The summed E-state index contributed by atoms with van der Waals surface area (Å²) in [4.78, 5) is 13.1. The van der Waals surface area contributed by atoms with Crippen molar-refractivity contribution < 1.29 is 17.9 Å². The van der Waals surface area contributed by atoms with Crippen molar-refractivity contribution in [3.05, 3.63) is 50.1 Å². The number of nitrogens with zero attached hydrogens (tertiary/aromatic N) is 1. The molecule has 23 heavy (non-hydrogen) atoms. The summed E-state index contributed by atoms with van der Waals surface area (Å²) < 4.78 is 32.4. The van der Waals surface area contributed by atoms with Crippen molar-refractivity contribution >= 4 is 43.3 Å². The fraction of sp³-hybridized carbons (Fsp3) is 0.267. The van der Waals surface area contributed by atoms with Crippen molar-refractivity contribution in [3.63, 3.8) is 0 Å². The van der Waals surface area contributed by atoms with Gasteiger partial charge >= 0.3 is 5.97 Å². The standard InChI is InChI=1S/C15H14BrNO4S2/c1-21-15(18)12-8-11(2-3-13(12)16)23(19,20)17-6-4-14-10(9-17)5-7-22-14/h2-3,5,7-8H,4,6,9H2,1H3. The largest absolute Gasteiger partial charge is 0.465 e. The van der Waals surface area contributed by atoms with E-state index in [0.29, 0.717) is 24.0 Å². The van der Waals surface area contributed by atoms with Crippen LogP contribution in [0.25, 0.3) is 0 Å². The Hall–Kier alpha value is -1.22. The monoisotopic (exact) mass is 415 g/mol. The van der Waals surface area contributed by atoms with E-state index in [-0.39, 0.29) is 10.5 Å². The minimum absolute atomic E-state index is 0.0970. The molecule has 0 N–H and O–H groups in total. The molecule has 0 bridgehead atoms. The van der Waals surface area contributed by atoms with Crippen LogP contribution in [0, 0.1) is 0 Å². The van der Waals surface area contributed by atoms with Gasteiger partial charge in [-0.2, -0.15) is 4.31 Å². The van der Waals surface area contributed by atoms with Gasteiger partial charge in [-0.05, 0) is 57.6 Å². The third-order valence-electron chi connectivity index (χ3n) is 3.75. The van der Waals surface area contributed by atoms with Crippen LogP contribution in [0.1, 0.15) is 20.8 Å². The molecule has 2 heterocycles. The number of methoxy groups -OCH3 is 1. The fourth-order valence-electron chi connectivity index (χ4n) is 2.51. The zero-order chi connectivity index (χ0) is 16.6. The van der Waals surface area contributed by atoms with Crippen molar-refractivity contribution in [3.8, 4) is 0 Å². The molecule has 0 aliphatic carbocycles. The second-order valence-electron chi connectivity index (χ2n) is 5.09. The molecule has 2 aromatic rings. The Morgan fingerprint density at radius 2 is 2.13 bits per heavy atom. The lowest BCUT2D eigenvalue weighted by Crippen LogP contribution is -2.35. The van der Waals surface area contributed by atoms with E-state index in [0.717, 1.165) is 5.56 Å². The van der Waals surface area contributed by atoms with E-state index in [1.807, 2.05) is 11.4 Å². The Kier molecular flexibility index (Phi) is 4.59. The van der Waals surface area contributed by atoms with Gasteiger partial charge in [-0.3, -0.25) is 0 Å². The van der Waals surface area contributed by atoms with Gasteiger partial charge in [0.1, 0.15) is 0 Å². The van der Waals surface area contributed by atoms with Gasteiger partial charge in [0.05, 0.1) is 17.6 Å². The predicted octanol–water partition coefficient (Wildman–Crippen LogP) is 3.04. The molecule has 5 nitrogen and oxygen atoms in total.